The minimum absolute atomic E-state index is 0.0866. The van der Waals surface area contributed by atoms with Crippen LogP contribution in [0.3, 0.4) is 0 Å². The number of rotatable bonds is 8. The number of carbonyl (C=O) groups is 2. The Morgan fingerprint density at radius 1 is 1.04 bits per heavy atom. The Labute approximate surface area is 152 Å². The van der Waals surface area contributed by atoms with Crippen LogP contribution in [-0.2, 0) is 11.2 Å². The Hall–Kier alpha value is -2.89. The highest BCUT2D eigenvalue weighted by atomic mass is 19.1. The first-order chi connectivity index (χ1) is 12.5. The molecule has 0 heterocycles. The van der Waals surface area contributed by atoms with Gasteiger partial charge in [0.15, 0.2) is 0 Å². The molecule has 2 aromatic rings. The Kier molecular flexibility index (Phi) is 7.14. The van der Waals surface area contributed by atoms with Crippen LogP contribution in [0.15, 0.2) is 42.5 Å². The summed E-state index contributed by atoms with van der Waals surface area (Å²) in [5.74, 6) is -0.0836. The lowest BCUT2D eigenvalue weighted by atomic mass is 10.1. The predicted molar refractivity (Wildman–Crippen MR) is 97.8 cm³/mol. The summed E-state index contributed by atoms with van der Waals surface area (Å²) in [6, 6.07) is 11.9. The first-order valence-electron chi connectivity index (χ1n) is 8.43. The number of nitrogens with one attached hydrogen (secondary N) is 2. The Balaban J connectivity index is 1.66. The van der Waals surface area contributed by atoms with Gasteiger partial charge in [-0.25, -0.2) is 4.39 Å². The van der Waals surface area contributed by atoms with Crippen LogP contribution in [0.1, 0.15) is 27.9 Å². The van der Waals surface area contributed by atoms with Crippen molar-refractivity contribution in [2.24, 2.45) is 0 Å². The van der Waals surface area contributed by atoms with E-state index < -0.39 is 5.82 Å². The lowest BCUT2D eigenvalue weighted by molar-refractivity contribution is -0.121. The van der Waals surface area contributed by atoms with E-state index in [0.717, 1.165) is 11.3 Å². The molecular formula is C20H23FN2O3. The summed E-state index contributed by atoms with van der Waals surface area (Å²) in [6.07, 6.45) is 0.994. The predicted octanol–water partition coefficient (Wildman–Crippen LogP) is 2.62. The molecule has 6 heteroatoms. The van der Waals surface area contributed by atoms with Crippen LogP contribution in [0.2, 0.25) is 0 Å². The van der Waals surface area contributed by atoms with Crippen LogP contribution in [0.5, 0.6) is 5.75 Å². The molecule has 138 valence electrons. The fourth-order valence-electron chi connectivity index (χ4n) is 2.35. The van der Waals surface area contributed by atoms with Gasteiger partial charge >= 0.3 is 0 Å². The van der Waals surface area contributed by atoms with Crippen molar-refractivity contribution in [2.45, 2.75) is 19.8 Å². The van der Waals surface area contributed by atoms with Crippen molar-refractivity contribution in [2.75, 3.05) is 20.2 Å². The van der Waals surface area contributed by atoms with E-state index in [1.807, 2.05) is 24.3 Å². The zero-order valence-corrected chi connectivity index (χ0v) is 15.0. The Bertz CT molecular complexity index is 760. The van der Waals surface area contributed by atoms with Crippen LogP contribution in [0.4, 0.5) is 4.39 Å². The average molecular weight is 358 g/mol. The number of methoxy groups -OCH3 is 1. The number of aryl methyl sites for hydroxylation is 2. The van der Waals surface area contributed by atoms with E-state index in [0.29, 0.717) is 24.9 Å². The van der Waals surface area contributed by atoms with Gasteiger partial charge in [0.25, 0.3) is 5.91 Å². The summed E-state index contributed by atoms with van der Waals surface area (Å²) in [4.78, 5) is 23.8. The molecule has 2 amide bonds. The molecule has 0 saturated heterocycles. The van der Waals surface area contributed by atoms with E-state index >= 15 is 0 Å². The van der Waals surface area contributed by atoms with Gasteiger partial charge in [-0.05, 0) is 48.7 Å². The van der Waals surface area contributed by atoms with E-state index in [1.54, 1.807) is 26.2 Å². The van der Waals surface area contributed by atoms with E-state index in [2.05, 4.69) is 10.6 Å². The molecule has 0 spiro atoms. The van der Waals surface area contributed by atoms with Gasteiger partial charge in [0.2, 0.25) is 5.91 Å². The summed E-state index contributed by atoms with van der Waals surface area (Å²) in [5, 5.41) is 5.40. The van der Waals surface area contributed by atoms with Gasteiger partial charge in [-0.3, -0.25) is 9.59 Å². The fourth-order valence-corrected chi connectivity index (χ4v) is 2.35. The largest absolute Gasteiger partial charge is 0.497 e. The lowest BCUT2D eigenvalue weighted by Gasteiger charge is -2.08. The molecule has 0 radical (unpaired) electrons. The quantitative estimate of drug-likeness (QED) is 0.713. The summed E-state index contributed by atoms with van der Waals surface area (Å²) >= 11 is 0. The number of benzene rings is 2. The number of ether oxygens (including phenoxy) is 1. The second-order valence-corrected chi connectivity index (χ2v) is 5.92. The smallest absolute Gasteiger partial charge is 0.251 e. The molecule has 0 aromatic heterocycles. The third kappa shape index (κ3) is 5.88. The van der Waals surface area contributed by atoms with E-state index in [4.69, 9.17) is 4.74 Å². The van der Waals surface area contributed by atoms with Gasteiger partial charge in [-0.15, -0.1) is 0 Å². The number of carbonyl (C=O) groups excluding carboxylic acids is 2. The molecule has 0 aliphatic heterocycles. The standard InChI is InChI=1S/C20H23FN2O3/c1-14-3-7-16(13-18(14)21)20(25)23-12-11-22-19(24)10-6-15-4-8-17(26-2)9-5-15/h3-5,7-9,13H,6,10-12H2,1-2H3,(H,22,24)(H,23,25). The molecule has 0 fully saturated rings. The molecule has 5 nitrogen and oxygen atoms in total. The third-order valence-corrected chi connectivity index (χ3v) is 3.97. The van der Waals surface area contributed by atoms with Gasteiger partial charge in [0, 0.05) is 25.1 Å². The molecule has 0 saturated carbocycles. The maximum atomic E-state index is 13.5. The third-order valence-electron chi connectivity index (χ3n) is 3.97. The van der Waals surface area contributed by atoms with Gasteiger partial charge in [-0.2, -0.15) is 0 Å². The SMILES string of the molecule is COc1ccc(CCC(=O)NCCNC(=O)c2ccc(C)c(F)c2)cc1. The summed E-state index contributed by atoms with van der Waals surface area (Å²) in [5.41, 5.74) is 1.81. The number of hydrogen-bond acceptors (Lipinski definition) is 3. The average Bonchev–Trinajstić information content (AvgIpc) is 2.66. The van der Waals surface area contributed by atoms with Crippen LogP contribution in [0.25, 0.3) is 0 Å². The van der Waals surface area contributed by atoms with Crippen molar-refractivity contribution in [3.8, 4) is 5.75 Å². The Morgan fingerprint density at radius 2 is 1.73 bits per heavy atom. The molecule has 0 aliphatic carbocycles. The summed E-state index contributed by atoms with van der Waals surface area (Å²) in [6.45, 7) is 2.24. The van der Waals surface area contributed by atoms with Crippen molar-refractivity contribution in [3.63, 3.8) is 0 Å². The minimum atomic E-state index is -0.413. The monoisotopic (exact) mass is 358 g/mol. The van der Waals surface area contributed by atoms with E-state index in [-0.39, 0.29) is 23.9 Å². The molecule has 0 aliphatic rings. The van der Waals surface area contributed by atoms with Crippen molar-refractivity contribution in [1.29, 1.82) is 0 Å². The Morgan fingerprint density at radius 3 is 2.38 bits per heavy atom. The van der Waals surface area contributed by atoms with Crippen molar-refractivity contribution < 1.29 is 18.7 Å². The zero-order chi connectivity index (χ0) is 18.9. The molecule has 26 heavy (non-hydrogen) atoms. The molecule has 0 bridgehead atoms. The maximum Gasteiger partial charge on any atom is 0.251 e. The van der Waals surface area contributed by atoms with Crippen molar-refractivity contribution >= 4 is 11.8 Å². The highest BCUT2D eigenvalue weighted by Gasteiger charge is 2.08. The van der Waals surface area contributed by atoms with Gasteiger partial charge in [-0.1, -0.05) is 18.2 Å². The normalized spacial score (nSPS) is 10.3. The molecule has 2 N–H and O–H groups in total. The topological polar surface area (TPSA) is 67.4 Å². The van der Waals surface area contributed by atoms with Gasteiger partial charge in [0.1, 0.15) is 11.6 Å². The maximum absolute atomic E-state index is 13.5. The van der Waals surface area contributed by atoms with Crippen molar-refractivity contribution in [3.05, 3.63) is 65.0 Å². The van der Waals surface area contributed by atoms with Gasteiger partial charge < -0.3 is 15.4 Å². The molecule has 2 rings (SSSR count). The second-order valence-electron chi connectivity index (χ2n) is 5.92. The summed E-state index contributed by atoms with van der Waals surface area (Å²) in [7, 11) is 1.61. The second kappa shape index (κ2) is 9.56. The van der Waals surface area contributed by atoms with E-state index in [9.17, 15) is 14.0 Å². The van der Waals surface area contributed by atoms with E-state index in [1.165, 1.54) is 6.07 Å². The zero-order valence-electron chi connectivity index (χ0n) is 15.0. The number of hydrogen-bond donors (Lipinski definition) is 2. The van der Waals surface area contributed by atoms with Crippen LogP contribution in [0, 0.1) is 12.7 Å². The molecule has 0 atom stereocenters. The molecule has 2 aromatic carbocycles. The van der Waals surface area contributed by atoms with Crippen molar-refractivity contribution in [1.82, 2.24) is 10.6 Å². The fraction of sp³-hybridized carbons (Fsp3) is 0.300. The lowest BCUT2D eigenvalue weighted by Crippen LogP contribution is -2.34. The van der Waals surface area contributed by atoms with Crippen LogP contribution < -0.4 is 15.4 Å². The van der Waals surface area contributed by atoms with Crippen LogP contribution >= 0.6 is 0 Å². The van der Waals surface area contributed by atoms with Gasteiger partial charge in [0.05, 0.1) is 7.11 Å². The molecular weight excluding hydrogens is 335 g/mol. The van der Waals surface area contributed by atoms with Crippen LogP contribution in [-0.4, -0.2) is 32.0 Å². The minimum Gasteiger partial charge on any atom is -0.497 e. The molecule has 0 unspecified atom stereocenters. The first-order valence-corrected chi connectivity index (χ1v) is 8.43. The number of halogens is 1. The first kappa shape index (κ1) is 19.4. The summed E-state index contributed by atoms with van der Waals surface area (Å²) < 4.78 is 18.5. The highest BCUT2D eigenvalue weighted by molar-refractivity contribution is 5.94. The number of amides is 2. The highest BCUT2D eigenvalue weighted by Crippen LogP contribution is 2.12.